The van der Waals surface area contributed by atoms with Gasteiger partial charge in [-0.1, -0.05) is 6.92 Å². The molecule has 2 N–H and O–H groups in total. The van der Waals surface area contributed by atoms with Crippen LogP contribution in [0.1, 0.15) is 34.1 Å². The number of aliphatic hydroxyl groups excluding tert-OH is 1. The number of aliphatic hydroxyl groups is 1. The molecule has 0 aromatic heterocycles. The highest BCUT2D eigenvalue weighted by Crippen LogP contribution is 2.16. The fourth-order valence-electron chi connectivity index (χ4n) is 1.44. The van der Waals surface area contributed by atoms with Gasteiger partial charge in [0.2, 0.25) is 0 Å². The molecule has 1 aliphatic rings. The normalized spacial score (nSPS) is 25.3. The monoisotopic (exact) mass is 231 g/mol. The van der Waals surface area contributed by atoms with Gasteiger partial charge >= 0.3 is 0 Å². The predicted molar refractivity (Wildman–Crippen MR) is 64.1 cm³/mol. The molecule has 0 aromatic carbocycles. The Bertz CT molecular complexity index is 189. The van der Waals surface area contributed by atoms with Crippen LogP contribution in [0.3, 0.4) is 0 Å². The van der Waals surface area contributed by atoms with Gasteiger partial charge in [-0.2, -0.15) is 0 Å². The van der Waals surface area contributed by atoms with Crippen LogP contribution in [0, 0.1) is 11.8 Å². The van der Waals surface area contributed by atoms with Crippen molar-refractivity contribution in [3.05, 3.63) is 0 Å². The van der Waals surface area contributed by atoms with E-state index >= 15 is 0 Å². The van der Waals surface area contributed by atoms with Crippen molar-refractivity contribution in [3.63, 3.8) is 0 Å². The van der Waals surface area contributed by atoms with Gasteiger partial charge in [0.1, 0.15) is 5.60 Å². The fraction of sp³-hybridized carbons (Fsp3) is 0.917. The molecule has 2 atom stereocenters. The van der Waals surface area contributed by atoms with E-state index in [1.807, 2.05) is 20.8 Å². The van der Waals surface area contributed by atoms with E-state index in [2.05, 4.69) is 17.0 Å². The molecule has 96 valence electrons. The minimum Gasteiger partial charge on any atom is -0.462 e. The molecule has 16 heavy (non-hydrogen) atoms. The third-order valence-corrected chi connectivity index (χ3v) is 2.62. The number of hydrogen-bond donors (Lipinski definition) is 2. The lowest BCUT2D eigenvalue weighted by molar-refractivity contribution is -0.138. The van der Waals surface area contributed by atoms with E-state index in [0.717, 1.165) is 13.1 Å². The van der Waals surface area contributed by atoms with Crippen molar-refractivity contribution in [2.45, 2.75) is 39.7 Å². The zero-order chi connectivity index (χ0) is 12.6. The second-order valence-electron chi connectivity index (χ2n) is 5.24. The van der Waals surface area contributed by atoms with Crippen molar-refractivity contribution in [3.8, 4) is 0 Å². The second kappa shape index (κ2) is 7.63. The SMILES string of the molecule is CC(C)(C)OC=O.CC1CCNCC1CO. The van der Waals surface area contributed by atoms with Crippen molar-refractivity contribution >= 4 is 6.47 Å². The molecule has 1 saturated heterocycles. The van der Waals surface area contributed by atoms with Crippen LogP contribution in [-0.2, 0) is 9.53 Å². The highest BCUT2D eigenvalue weighted by molar-refractivity contribution is 5.37. The Balaban J connectivity index is 0.000000293. The minimum absolute atomic E-state index is 0.318. The summed E-state index contributed by atoms with van der Waals surface area (Å²) in [6.45, 7) is 10.6. The van der Waals surface area contributed by atoms with Gasteiger partial charge in [-0.25, -0.2) is 0 Å². The largest absolute Gasteiger partial charge is 0.462 e. The molecule has 0 aliphatic carbocycles. The Morgan fingerprint density at radius 1 is 1.50 bits per heavy atom. The molecular formula is C12H25NO3. The molecule has 0 saturated carbocycles. The number of carbonyl (C=O) groups is 1. The van der Waals surface area contributed by atoms with Crippen LogP contribution in [0.5, 0.6) is 0 Å². The van der Waals surface area contributed by atoms with Crippen molar-refractivity contribution in [1.29, 1.82) is 0 Å². The van der Waals surface area contributed by atoms with Gasteiger partial charge in [0, 0.05) is 13.2 Å². The van der Waals surface area contributed by atoms with Gasteiger partial charge in [-0.15, -0.1) is 0 Å². The standard InChI is InChI=1S/C7H15NO.C5H10O2/c1-6-2-3-8-4-7(6)5-9;1-5(2,3)7-4-6/h6-9H,2-5H2,1H3;4H,1-3H3. The first kappa shape index (κ1) is 15.4. The summed E-state index contributed by atoms with van der Waals surface area (Å²) in [5.74, 6) is 1.20. The van der Waals surface area contributed by atoms with E-state index in [0.29, 0.717) is 24.9 Å². The van der Waals surface area contributed by atoms with E-state index in [-0.39, 0.29) is 5.60 Å². The quantitative estimate of drug-likeness (QED) is 0.701. The maximum atomic E-state index is 9.60. The second-order valence-corrected chi connectivity index (χ2v) is 5.24. The average Bonchev–Trinajstić information content (AvgIpc) is 2.17. The summed E-state index contributed by atoms with van der Waals surface area (Å²) < 4.78 is 4.55. The summed E-state index contributed by atoms with van der Waals surface area (Å²) in [7, 11) is 0. The highest BCUT2D eigenvalue weighted by atomic mass is 16.5. The lowest BCUT2D eigenvalue weighted by Gasteiger charge is -2.27. The number of hydrogen-bond acceptors (Lipinski definition) is 4. The molecular weight excluding hydrogens is 206 g/mol. The number of rotatable bonds is 2. The molecule has 1 fully saturated rings. The Labute approximate surface area is 98.4 Å². The number of carbonyl (C=O) groups excluding carboxylic acids is 1. The van der Waals surface area contributed by atoms with E-state index < -0.39 is 0 Å². The van der Waals surface area contributed by atoms with Crippen molar-refractivity contribution in [2.24, 2.45) is 11.8 Å². The maximum absolute atomic E-state index is 9.60. The summed E-state index contributed by atoms with van der Waals surface area (Å²) in [4.78, 5) is 9.60. The molecule has 4 heteroatoms. The zero-order valence-corrected chi connectivity index (χ0v) is 10.8. The summed E-state index contributed by atoms with van der Waals surface area (Å²) in [6.07, 6.45) is 1.21. The number of nitrogens with one attached hydrogen (secondary N) is 1. The minimum atomic E-state index is -0.318. The molecule has 0 spiro atoms. The first-order valence-corrected chi connectivity index (χ1v) is 5.83. The van der Waals surface area contributed by atoms with Crippen LogP contribution < -0.4 is 5.32 Å². The zero-order valence-electron chi connectivity index (χ0n) is 10.8. The van der Waals surface area contributed by atoms with Crippen LogP contribution in [0.15, 0.2) is 0 Å². The van der Waals surface area contributed by atoms with Gasteiger partial charge < -0.3 is 15.2 Å². The van der Waals surface area contributed by atoms with Crippen molar-refractivity contribution in [1.82, 2.24) is 5.32 Å². The Morgan fingerprint density at radius 3 is 2.38 bits per heavy atom. The molecule has 0 bridgehead atoms. The van der Waals surface area contributed by atoms with E-state index in [1.165, 1.54) is 6.42 Å². The third kappa shape index (κ3) is 7.65. The van der Waals surface area contributed by atoms with Gasteiger partial charge in [-0.05, 0) is 45.6 Å². The lowest BCUT2D eigenvalue weighted by atomic mass is 9.89. The fourth-order valence-corrected chi connectivity index (χ4v) is 1.44. The molecule has 1 aliphatic heterocycles. The molecule has 0 radical (unpaired) electrons. The summed E-state index contributed by atoms with van der Waals surface area (Å²) >= 11 is 0. The number of ether oxygens (including phenoxy) is 1. The summed E-state index contributed by atoms with van der Waals surface area (Å²) in [5, 5.41) is 12.1. The molecule has 1 rings (SSSR count). The molecule has 4 nitrogen and oxygen atoms in total. The van der Waals surface area contributed by atoms with Crippen LogP contribution >= 0.6 is 0 Å². The first-order valence-electron chi connectivity index (χ1n) is 5.83. The van der Waals surface area contributed by atoms with E-state index in [4.69, 9.17) is 5.11 Å². The highest BCUT2D eigenvalue weighted by Gasteiger charge is 2.19. The third-order valence-electron chi connectivity index (χ3n) is 2.62. The summed E-state index contributed by atoms with van der Waals surface area (Å²) in [6, 6.07) is 0. The van der Waals surface area contributed by atoms with E-state index in [1.54, 1.807) is 0 Å². The van der Waals surface area contributed by atoms with Gasteiger partial charge in [-0.3, -0.25) is 4.79 Å². The molecule has 1 heterocycles. The van der Waals surface area contributed by atoms with Crippen molar-refractivity contribution < 1.29 is 14.6 Å². The molecule has 2 unspecified atom stereocenters. The van der Waals surface area contributed by atoms with Crippen molar-refractivity contribution in [2.75, 3.05) is 19.7 Å². The Morgan fingerprint density at radius 2 is 2.12 bits per heavy atom. The smallest absolute Gasteiger partial charge is 0.293 e. The van der Waals surface area contributed by atoms with Crippen LogP contribution in [0.25, 0.3) is 0 Å². The van der Waals surface area contributed by atoms with Crippen LogP contribution in [0.4, 0.5) is 0 Å². The first-order chi connectivity index (χ1) is 7.40. The Hall–Kier alpha value is -0.610. The van der Waals surface area contributed by atoms with E-state index in [9.17, 15) is 4.79 Å². The topological polar surface area (TPSA) is 58.6 Å². The average molecular weight is 231 g/mol. The molecule has 0 aromatic rings. The van der Waals surface area contributed by atoms with Gasteiger partial charge in [0.05, 0.1) is 0 Å². The van der Waals surface area contributed by atoms with Gasteiger partial charge in [0.25, 0.3) is 6.47 Å². The molecule has 0 amide bonds. The van der Waals surface area contributed by atoms with Gasteiger partial charge in [0.15, 0.2) is 0 Å². The lowest BCUT2D eigenvalue weighted by Crippen LogP contribution is -2.37. The van der Waals surface area contributed by atoms with Crippen LogP contribution in [-0.4, -0.2) is 36.9 Å². The Kier molecular flexibility index (Phi) is 7.34. The maximum Gasteiger partial charge on any atom is 0.293 e. The number of piperidine rings is 1. The predicted octanol–water partition coefficient (Wildman–Crippen LogP) is 1.18. The van der Waals surface area contributed by atoms with Crippen LogP contribution in [0.2, 0.25) is 0 Å². The summed E-state index contributed by atoms with van der Waals surface area (Å²) in [5.41, 5.74) is -0.318.